The van der Waals surface area contributed by atoms with Gasteiger partial charge in [-0.15, -0.1) is 0 Å². The van der Waals surface area contributed by atoms with Gasteiger partial charge in [-0.1, -0.05) is 18.6 Å². The van der Waals surface area contributed by atoms with E-state index < -0.39 is 11.4 Å². The molecule has 1 aliphatic rings. The third-order valence-electron chi connectivity index (χ3n) is 3.81. The molecule has 1 saturated carbocycles. The highest BCUT2D eigenvalue weighted by atomic mass is 32.2. The maximum atomic E-state index is 12.0. The highest BCUT2D eigenvalue weighted by Crippen LogP contribution is 2.44. The van der Waals surface area contributed by atoms with Crippen molar-refractivity contribution in [2.24, 2.45) is 5.41 Å². The van der Waals surface area contributed by atoms with Gasteiger partial charge in [0.2, 0.25) is 5.91 Å². The summed E-state index contributed by atoms with van der Waals surface area (Å²) in [5.41, 5.74) is 1.10. The average molecular weight is 293 g/mol. The first kappa shape index (κ1) is 14.9. The number of rotatable bonds is 6. The highest BCUT2D eigenvalue weighted by molar-refractivity contribution is 7.97. The summed E-state index contributed by atoms with van der Waals surface area (Å²) in [6, 6.07) is 7.67. The van der Waals surface area contributed by atoms with E-state index in [1.54, 1.807) is 11.8 Å². The van der Waals surface area contributed by atoms with Crippen molar-refractivity contribution >= 4 is 29.3 Å². The van der Waals surface area contributed by atoms with E-state index in [2.05, 4.69) is 5.32 Å². The molecule has 0 saturated heterocycles. The van der Waals surface area contributed by atoms with Gasteiger partial charge in [0.25, 0.3) is 0 Å². The SMILES string of the molecule is CSCc1ccc(NC(=O)CC2(C(=O)O)CCC2)cc1. The van der Waals surface area contributed by atoms with E-state index in [0.717, 1.165) is 17.9 Å². The number of anilines is 1. The lowest BCUT2D eigenvalue weighted by Crippen LogP contribution is -2.41. The summed E-state index contributed by atoms with van der Waals surface area (Å²) in [5.74, 6) is -0.130. The van der Waals surface area contributed by atoms with E-state index in [-0.39, 0.29) is 12.3 Å². The predicted molar refractivity (Wildman–Crippen MR) is 80.8 cm³/mol. The van der Waals surface area contributed by atoms with Crippen LogP contribution in [0.5, 0.6) is 0 Å². The standard InChI is InChI=1S/C15H19NO3S/c1-20-10-11-3-5-12(6-4-11)16-13(17)9-15(14(18)19)7-2-8-15/h3-6H,2,7-10H2,1H3,(H,16,17)(H,18,19). The Hall–Kier alpha value is -1.49. The van der Waals surface area contributed by atoms with Crippen molar-refractivity contribution in [1.82, 2.24) is 0 Å². The third-order valence-corrected chi connectivity index (χ3v) is 4.43. The average Bonchev–Trinajstić information content (AvgIpc) is 2.36. The summed E-state index contributed by atoms with van der Waals surface area (Å²) >= 11 is 1.74. The Morgan fingerprint density at radius 2 is 1.95 bits per heavy atom. The van der Waals surface area contributed by atoms with Crippen molar-refractivity contribution in [3.05, 3.63) is 29.8 Å². The molecule has 1 aromatic rings. The maximum Gasteiger partial charge on any atom is 0.310 e. The van der Waals surface area contributed by atoms with Crippen LogP contribution in [0.25, 0.3) is 0 Å². The molecule has 0 atom stereocenters. The quantitative estimate of drug-likeness (QED) is 0.845. The van der Waals surface area contributed by atoms with E-state index in [1.807, 2.05) is 30.5 Å². The Bertz CT molecular complexity index is 494. The largest absolute Gasteiger partial charge is 0.481 e. The minimum atomic E-state index is -0.853. The number of carboxylic acids is 1. The zero-order valence-electron chi connectivity index (χ0n) is 11.5. The van der Waals surface area contributed by atoms with Crippen molar-refractivity contribution in [3.8, 4) is 0 Å². The molecule has 0 bridgehead atoms. The molecule has 1 amide bonds. The third kappa shape index (κ3) is 3.33. The molecule has 1 aliphatic carbocycles. The first-order valence-corrected chi connectivity index (χ1v) is 8.06. The van der Waals surface area contributed by atoms with Gasteiger partial charge in [-0.05, 0) is 36.8 Å². The van der Waals surface area contributed by atoms with Gasteiger partial charge in [-0.3, -0.25) is 9.59 Å². The molecular formula is C15H19NO3S. The number of thioether (sulfide) groups is 1. The van der Waals surface area contributed by atoms with Gasteiger partial charge < -0.3 is 10.4 Å². The Morgan fingerprint density at radius 1 is 1.30 bits per heavy atom. The summed E-state index contributed by atoms with van der Waals surface area (Å²) in [5, 5.41) is 12.0. The van der Waals surface area contributed by atoms with Crippen LogP contribution in [-0.2, 0) is 15.3 Å². The van der Waals surface area contributed by atoms with Crippen LogP contribution >= 0.6 is 11.8 Å². The molecule has 0 heterocycles. The monoisotopic (exact) mass is 293 g/mol. The number of carboxylic acid groups (broad SMARTS) is 1. The number of amides is 1. The van der Waals surface area contributed by atoms with Gasteiger partial charge in [0.1, 0.15) is 0 Å². The smallest absolute Gasteiger partial charge is 0.310 e. The van der Waals surface area contributed by atoms with E-state index in [0.29, 0.717) is 12.8 Å². The summed E-state index contributed by atoms with van der Waals surface area (Å²) in [6.07, 6.45) is 4.20. The number of nitrogens with one attached hydrogen (secondary N) is 1. The molecule has 108 valence electrons. The predicted octanol–water partition coefficient (Wildman–Crippen LogP) is 3.13. The fourth-order valence-corrected chi connectivity index (χ4v) is 2.96. The lowest BCUT2D eigenvalue weighted by Gasteiger charge is -2.36. The van der Waals surface area contributed by atoms with E-state index >= 15 is 0 Å². The topological polar surface area (TPSA) is 66.4 Å². The van der Waals surface area contributed by atoms with Gasteiger partial charge in [0, 0.05) is 17.9 Å². The Kier molecular flexibility index (Phi) is 4.70. The number of carbonyl (C=O) groups excluding carboxylic acids is 1. The molecule has 1 fully saturated rings. The fourth-order valence-electron chi connectivity index (χ4n) is 2.43. The van der Waals surface area contributed by atoms with Crippen molar-refractivity contribution in [3.63, 3.8) is 0 Å². The number of benzene rings is 1. The molecule has 2 N–H and O–H groups in total. The van der Waals surface area contributed by atoms with Crippen LogP contribution in [-0.4, -0.2) is 23.2 Å². The Labute approximate surface area is 123 Å². The zero-order valence-corrected chi connectivity index (χ0v) is 12.3. The second-order valence-electron chi connectivity index (χ2n) is 5.29. The van der Waals surface area contributed by atoms with Gasteiger partial charge in [-0.25, -0.2) is 0 Å². The molecule has 0 unspecified atom stereocenters. The minimum absolute atomic E-state index is 0.0644. The van der Waals surface area contributed by atoms with Gasteiger partial charge in [-0.2, -0.15) is 11.8 Å². The molecule has 2 rings (SSSR count). The molecule has 0 aliphatic heterocycles. The Morgan fingerprint density at radius 3 is 2.40 bits per heavy atom. The lowest BCUT2D eigenvalue weighted by molar-refractivity contribution is -0.157. The van der Waals surface area contributed by atoms with Gasteiger partial charge >= 0.3 is 5.97 Å². The highest BCUT2D eigenvalue weighted by Gasteiger charge is 2.45. The molecule has 20 heavy (non-hydrogen) atoms. The van der Waals surface area contributed by atoms with Crippen LogP contribution in [0, 0.1) is 5.41 Å². The normalized spacial score (nSPS) is 16.2. The molecule has 0 spiro atoms. The number of carbonyl (C=O) groups is 2. The van der Waals surface area contributed by atoms with Crippen molar-refractivity contribution < 1.29 is 14.7 Å². The van der Waals surface area contributed by atoms with E-state index in [9.17, 15) is 14.7 Å². The van der Waals surface area contributed by atoms with E-state index in [1.165, 1.54) is 5.56 Å². The van der Waals surface area contributed by atoms with Crippen LogP contribution in [0.4, 0.5) is 5.69 Å². The molecule has 1 aromatic carbocycles. The lowest BCUT2D eigenvalue weighted by atomic mass is 9.66. The molecular weight excluding hydrogens is 274 g/mol. The van der Waals surface area contributed by atoms with Crippen LogP contribution in [0.3, 0.4) is 0 Å². The van der Waals surface area contributed by atoms with Crippen molar-refractivity contribution in [2.75, 3.05) is 11.6 Å². The number of hydrogen-bond donors (Lipinski definition) is 2. The first-order valence-electron chi connectivity index (χ1n) is 6.67. The van der Waals surface area contributed by atoms with Crippen molar-refractivity contribution in [2.45, 2.75) is 31.4 Å². The van der Waals surface area contributed by atoms with Crippen LogP contribution < -0.4 is 5.32 Å². The second-order valence-corrected chi connectivity index (χ2v) is 6.16. The zero-order chi connectivity index (χ0) is 14.6. The van der Waals surface area contributed by atoms with Crippen LogP contribution in [0.2, 0.25) is 0 Å². The van der Waals surface area contributed by atoms with E-state index in [4.69, 9.17) is 0 Å². The summed E-state index contributed by atoms with van der Waals surface area (Å²) in [7, 11) is 0. The van der Waals surface area contributed by atoms with Crippen molar-refractivity contribution in [1.29, 1.82) is 0 Å². The second kappa shape index (κ2) is 6.31. The van der Waals surface area contributed by atoms with Crippen LogP contribution in [0.15, 0.2) is 24.3 Å². The van der Waals surface area contributed by atoms with Gasteiger partial charge in [0.05, 0.1) is 5.41 Å². The number of aliphatic carboxylic acids is 1. The minimum Gasteiger partial charge on any atom is -0.481 e. The number of hydrogen-bond acceptors (Lipinski definition) is 3. The maximum absolute atomic E-state index is 12.0. The molecule has 5 heteroatoms. The molecule has 4 nitrogen and oxygen atoms in total. The van der Waals surface area contributed by atoms with Gasteiger partial charge in [0.15, 0.2) is 0 Å². The Balaban J connectivity index is 1.92. The fraction of sp³-hybridized carbons (Fsp3) is 0.467. The molecule has 0 aromatic heterocycles. The first-order chi connectivity index (χ1) is 9.55. The summed E-state index contributed by atoms with van der Waals surface area (Å²) < 4.78 is 0. The summed E-state index contributed by atoms with van der Waals surface area (Å²) in [6.45, 7) is 0. The molecule has 0 radical (unpaired) electrons. The summed E-state index contributed by atoms with van der Waals surface area (Å²) in [4.78, 5) is 23.2. The van der Waals surface area contributed by atoms with Crippen LogP contribution in [0.1, 0.15) is 31.2 Å².